The summed E-state index contributed by atoms with van der Waals surface area (Å²) in [5, 5.41) is 12.1. The third-order valence-corrected chi connectivity index (χ3v) is 3.77. The summed E-state index contributed by atoms with van der Waals surface area (Å²) in [6.45, 7) is 3.70. The molecule has 2 atom stereocenters. The zero-order valence-corrected chi connectivity index (χ0v) is 12.8. The number of nitrogens with zero attached hydrogens (tertiary/aromatic N) is 1. The molecule has 0 heterocycles. The molecule has 1 saturated carbocycles. The Bertz CT molecular complexity index is 412. The number of ether oxygens (including phenoxy) is 1. The van der Waals surface area contributed by atoms with Gasteiger partial charge in [0.15, 0.2) is 0 Å². The average molecular weight is 300 g/mol. The number of urea groups is 1. The topological polar surface area (TPSA) is 95.9 Å². The molecule has 0 aromatic rings. The minimum atomic E-state index is -1.24. The minimum absolute atomic E-state index is 0.203. The van der Waals surface area contributed by atoms with E-state index in [9.17, 15) is 19.5 Å². The van der Waals surface area contributed by atoms with Crippen LogP contribution in [0.25, 0.3) is 0 Å². The van der Waals surface area contributed by atoms with Crippen LogP contribution in [0.5, 0.6) is 0 Å². The zero-order valence-electron chi connectivity index (χ0n) is 12.8. The van der Waals surface area contributed by atoms with Gasteiger partial charge in [0, 0.05) is 7.05 Å². The third kappa shape index (κ3) is 4.61. The maximum atomic E-state index is 12.1. The number of esters is 1. The molecular weight excluding hydrogens is 276 g/mol. The lowest BCUT2D eigenvalue weighted by Crippen LogP contribution is -2.59. The highest BCUT2D eigenvalue weighted by atomic mass is 16.5. The molecule has 1 fully saturated rings. The molecule has 21 heavy (non-hydrogen) atoms. The number of carbonyl (C=O) groups is 3. The summed E-state index contributed by atoms with van der Waals surface area (Å²) in [6.07, 6.45) is 2.53. The van der Waals surface area contributed by atoms with Gasteiger partial charge in [0.2, 0.25) is 0 Å². The van der Waals surface area contributed by atoms with E-state index in [0.29, 0.717) is 12.8 Å². The fourth-order valence-electron chi connectivity index (χ4n) is 2.68. The van der Waals surface area contributed by atoms with Crippen molar-refractivity contribution >= 4 is 18.0 Å². The largest absolute Gasteiger partial charge is 0.480 e. The Morgan fingerprint density at radius 2 is 2.10 bits per heavy atom. The number of carbonyl (C=O) groups excluding carboxylic acids is 2. The maximum absolute atomic E-state index is 12.1. The Balaban J connectivity index is 2.68. The van der Waals surface area contributed by atoms with Crippen molar-refractivity contribution in [3.8, 4) is 0 Å². The number of likely N-dealkylation sites (N-methyl/N-ethyl adjacent to an activating group) is 1. The van der Waals surface area contributed by atoms with E-state index in [-0.39, 0.29) is 19.1 Å². The van der Waals surface area contributed by atoms with Gasteiger partial charge in [-0.3, -0.25) is 4.79 Å². The van der Waals surface area contributed by atoms with E-state index in [0.717, 1.165) is 17.7 Å². The third-order valence-electron chi connectivity index (χ3n) is 3.77. The molecule has 120 valence electrons. The van der Waals surface area contributed by atoms with Crippen LogP contribution in [-0.4, -0.2) is 53.7 Å². The molecule has 0 aliphatic heterocycles. The molecule has 1 aliphatic rings. The van der Waals surface area contributed by atoms with E-state index in [2.05, 4.69) is 5.32 Å². The summed E-state index contributed by atoms with van der Waals surface area (Å²) in [5.41, 5.74) is -1.24. The highest BCUT2D eigenvalue weighted by Gasteiger charge is 2.43. The van der Waals surface area contributed by atoms with E-state index in [1.54, 1.807) is 6.92 Å². The first-order chi connectivity index (χ1) is 9.80. The van der Waals surface area contributed by atoms with Crippen LogP contribution in [0.3, 0.4) is 0 Å². The van der Waals surface area contributed by atoms with Gasteiger partial charge in [-0.15, -0.1) is 0 Å². The SMILES string of the molecule is CCOC(=O)CN(C)C(=O)NC1(C(=O)O)CCCC(C)C1. The molecule has 7 heteroatoms. The Hall–Kier alpha value is -1.79. The van der Waals surface area contributed by atoms with Crippen LogP contribution in [-0.2, 0) is 14.3 Å². The van der Waals surface area contributed by atoms with Gasteiger partial charge in [0.05, 0.1) is 6.61 Å². The van der Waals surface area contributed by atoms with Crippen molar-refractivity contribution in [2.75, 3.05) is 20.2 Å². The predicted molar refractivity (Wildman–Crippen MR) is 75.8 cm³/mol. The van der Waals surface area contributed by atoms with Gasteiger partial charge in [-0.05, 0) is 25.7 Å². The van der Waals surface area contributed by atoms with Crippen LogP contribution in [0.1, 0.15) is 39.5 Å². The fraction of sp³-hybridized carbons (Fsp3) is 0.786. The molecule has 0 aromatic heterocycles. The first kappa shape index (κ1) is 17.3. The molecule has 0 spiro atoms. The highest BCUT2D eigenvalue weighted by Crippen LogP contribution is 2.32. The van der Waals surface area contributed by atoms with Gasteiger partial charge in [-0.2, -0.15) is 0 Å². The summed E-state index contributed by atoms with van der Waals surface area (Å²) in [7, 11) is 1.44. The van der Waals surface area contributed by atoms with Gasteiger partial charge in [-0.1, -0.05) is 19.8 Å². The van der Waals surface area contributed by atoms with E-state index in [4.69, 9.17) is 4.74 Å². The zero-order chi connectivity index (χ0) is 16.0. The van der Waals surface area contributed by atoms with Crippen LogP contribution in [0.4, 0.5) is 4.79 Å². The van der Waals surface area contributed by atoms with Crippen molar-refractivity contribution in [2.45, 2.75) is 45.1 Å². The molecule has 1 rings (SSSR count). The number of nitrogens with one attached hydrogen (secondary N) is 1. The molecule has 1 aliphatic carbocycles. The van der Waals surface area contributed by atoms with Gasteiger partial charge in [0.25, 0.3) is 0 Å². The number of hydrogen-bond acceptors (Lipinski definition) is 4. The molecule has 2 unspecified atom stereocenters. The van der Waals surface area contributed by atoms with Gasteiger partial charge < -0.3 is 20.1 Å². The van der Waals surface area contributed by atoms with E-state index < -0.39 is 23.5 Å². The Morgan fingerprint density at radius 1 is 1.43 bits per heavy atom. The first-order valence-corrected chi connectivity index (χ1v) is 7.23. The molecule has 0 radical (unpaired) electrons. The Morgan fingerprint density at radius 3 is 2.62 bits per heavy atom. The first-order valence-electron chi connectivity index (χ1n) is 7.23. The summed E-state index contributed by atoms with van der Waals surface area (Å²) in [5.74, 6) is -1.30. The number of rotatable bonds is 5. The number of amides is 2. The summed E-state index contributed by atoms with van der Waals surface area (Å²) < 4.78 is 4.77. The minimum Gasteiger partial charge on any atom is -0.480 e. The van der Waals surface area contributed by atoms with Crippen LogP contribution in [0.2, 0.25) is 0 Å². The molecule has 2 N–H and O–H groups in total. The van der Waals surface area contributed by atoms with Crippen LogP contribution < -0.4 is 5.32 Å². The lowest BCUT2D eigenvalue weighted by Gasteiger charge is -2.37. The second kappa shape index (κ2) is 7.28. The van der Waals surface area contributed by atoms with Crippen molar-refractivity contribution in [2.24, 2.45) is 5.92 Å². The fourth-order valence-corrected chi connectivity index (χ4v) is 2.68. The maximum Gasteiger partial charge on any atom is 0.329 e. The van der Waals surface area contributed by atoms with Gasteiger partial charge in [-0.25, -0.2) is 9.59 Å². The van der Waals surface area contributed by atoms with Crippen LogP contribution in [0, 0.1) is 5.92 Å². The summed E-state index contributed by atoms with van der Waals surface area (Å²) >= 11 is 0. The molecule has 0 aromatic carbocycles. The molecule has 2 amide bonds. The van der Waals surface area contributed by atoms with E-state index in [1.165, 1.54) is 7.05 Å². The monoisotopic (exact) mass is 300 g/mol. The molecule has 0 bridgehead atoms. The molecule has 7 nitrogen and oxygen atoms in total. The Labute approximate surface area is 124 Å². The van der Waals surface area contributed by atoms with Crippen molar-refractivity contribution in [1.29, 1.82) is 0 Å². The van der Waals surface area contributed by atoms with E-state index in [1.807, 2.05) is 6.92 Å². The van der Waals surface area contributed by atoms with Crippen molar-refractivity contribution in [1.82, 2.24) is 10.2 Å². The van der Waals surface area contributed by atoms with Crippen LogP contribution >= 0.6 is 0 Å². The number of aliphatic carboxylic acids is 1. The molecule has 0 saturated heterocycles. The smallest absolute Gasteiger partial charge is 0.329 e. The second-order valence-corrected chi connectivity index (χ2v) is 5.68. The Kier molecular flexibility index (Phi) is 5.99. The number of hydrogen-bond donors (Lipinski definition) is 2. The summed E-state index contributed by atoms with van der Waals surface area (Å²) in [6, 6.07) is -0.570. The van der Waals surface area contributed by atoms with Crippen LogP contribution in [0.15, 0.2) is 0 Å². The van der Waals surface area contributed by atoms with Gasteiger partial charge in [0.1, 0.15) is 12.1 Å². The normalized spacial score (nSPS) is 25.0. The standard InChI is InChI=1S/C14H24N2O5/c1-4-21-11(17)9-16(3)13(20)15-14(12(18)19)7-5-6-10(2)8-14/h10H,4-9H2,1-3H3,(H,15,20)(H,18,19). The van der Waals surface area contributed by atoms with Crippen molar-refractivity contribution in [3.63, 3.8) is 0 Å². The summed E-state index contributed by atoms with van der Waals surface area (Å²) in [4.78, 5) is 36.2. The molecular formula is C14H24N2O5. The lowest BCUT2D eigenvalue weighted by atomic mass is 9.76. The highest BCUT2D eigenvalue weighted by molar-refractivity contribution is 5.87. The average Bonchev–Trinajstić information content (AvgIpc) is 2.38. The van der Waals surface area contributed by atoms with Gasteiger partial charge >= 0.3 is 18.0 Å². The number of carboxylic acid groups (broad SMARTS) is 1. The lowest BCUT2D eigenvalue weighted by molar-refractivity contribution is -0.146. The van der Waals surface area contributed by atoms with Crippen molar-refractivity contribution < 1.29 is 24.2 Å². The van der Waals surface area contributed by atoms with Crippen molar-refractivity contribution in [3.05, 3.63) is 0 Å². The predicted octanol–water partition coefficient (Wildman–Crippen LogP) is 1.22. The van der Waals surface area contributed by atoms with E-state index >= 15 is 0 Å². The second-order valence-electron chi connectivity index (χ2n) is 5.68. The number of carboxylic acids is 1. The quantitative estimate of drug-likeness (QED) is 0.744.